The molecule has 0 saturated carbocycles. The normalized spacial score (nSPS) is 11.8. The van der Waals surface area contributed by atoms with E-state index in [2.05, 4.69) is 23.8 Å². The van der Waals surface area contributed by atoms with Crippen molar-refractivity contribution in [3.63, 3.8) is 0 Å². The van der Waals surface area contributed by atoms with Gasteiger partial charge in [0.25, 0.3) is 10.0 Å². The number of sulfonamides is 1. The Kier molecular flexibility index (Phi) is 7.45. The second-order valence-corrected chi connectivity index (χ2v) is 8.69. The van der Waals surface area contributed by atoms with Gasteiger partial charge >= 0.3 is 0 Å². The van der Waals surface area contributed by atoms with E-state index in [1.807, 2.05) is 13.0 Å². The average molecular weight is 405 g/mol. The number of hydrazone groups is 1. The summed E-state index contributed by atoms with van der Waals surface area (Å²) >= 11 is 0. The Balaban J connectivity index is 2.10. The van der Waals surface area contributed by atoms with Crippen LogP contribution in [-0.2, 0) is 10.0 Å². The van der Waals surface area contributed by atoms with Crippen LogP contribution < -0.4 is 14.3 Å². The summed E-state index contributed by atoms with van der Waals surface area (Å²) in [6.45, 7) is 8.48. The highest BCUT2D eigenvalue weighted by Gasteiger charge is 2.15. The Morgan fingerprint density at radius 3 is 2.54 bits per heavy atom. The van der Waals surface area contributed by atoms with Crippen LogP contribution >= 0.6 is 0 Å². The van der Waals surface area contributed by atoms with Crippen LogP contribution in [0.5, 0.6) is 11.5 Å². The fourth-order valence-corrected chi connectivity index (χ4v) is 3.63. The zero-order valence-corrected chi connectivity index (χ0v) is 17.8. The van der Waals surface area contributed by atoms with Gasteiger partial charge in [0.2, 0.25) is 0 Å². The zero-order valence-electron chi connectivity index (χ0n) is 17.0. The molecular formula is C21H28N2O4S. The van der Waals surface area contributed by atoms with Gasteiger partial charge in [-0.15, -0.1) is 0 Å². The Labute approximate surface area is 167 Å². The van der Waals surface area contributed by atoms with E-state index < -0.39 is 10.0 Å². The van der Waals surface area contributed by atoms with Crippen molar-refractivity contribution in [3.8, 4) is 11.5 Å². The Morgan fingerprint density at radius 1 is 1.11 bits per heavy atom. The van der Waals surface area contributed by atoms with E-state index in [9.17, 15) is 8.42 Å². The maximum Gasteiger partial charge on any atom is 0.276 e. The van der Waals surface area contributed by atoms with E-state index in [1.54, 1.807) is 44.4 Å². The summed E-state index contributed by atoms with van der Waals surface area (Å²) in [4.78, 5) is 2.48. The topological polar surface area (TPSA) is 77.0 Å². The highest BCUT2D eigenvalue weighted by atomic mass is 32.2. The van der Waals surface area contributed by atoms with Gasteiger partial charge in [-0.3, -0.25) is 0 Å². The molecule has 0 aromatic heterocycles. The molecule has 6 nitrogen and oxygen atoms in total. The van der Waals surface area contributed by atoms with E-state index in [-0.39, 0.29) is 4.90 Å². The van der Waals surface area contributed by atoms with Crippen molar-refractivity contribution in [1.82, 2.24) is 4.83 Å². The molecule has 7 heteroatoms. The summed E-state index contributed by atoms with van der Waals surface area (Å²) in [5.74, 6) is 1.78. The number of aryl methyl sites for hydroxylation is 2. The molecule has 0 bridgehead atoms. The Morgan fingerprint density at radius 2 is 1.86 bits per heavy atom. The first-order valence-corrected chi connectivity index (χ1v) is 10.6. The van der Waals surface area contributed by atoms with Crippen LogP contribution in [0.3, 0.4) is 0 Å². The molecule has 0 fully saturated rings. The third-order valence-electron chi connectivity index (χ3n) is 4.16. The molecule has 28 heavy (non-hydrogen) atoms. The van der Waals surface area contributed by atoms with Gasteiger partial charge in [-0.05, 0) is 67.1 Å². The highest BCUT2D eigenvalue weighted by Crippen LogP contribution is 2.28. The summed E-state index contributed by atoms with van der Waals surface area (Å²) in [6, 6.07) is 10.6. The van der Waals surface area contributed by atoms with Crippen LogP contribution in [0.4, 0.5) is 0 Å². The van der Waals surface area contributed by atoms with Gasteiger partial charge in [0, 0.05) is 0 Å². The number of ether oxygens (including phenoxy) is 2. The molecular weight excluding hydrogens is 376 g/mol. The minimum Gasteiger partial charge on any atom is -0.493 e. The van der Waals surface area contributed by atoms with Crippen LogP contribution in [0.25, 0.3) is 0 Å². The van der Waals surface area contributed by atoms with Gasteiger partial charge in [-0.2, -0.15) is 13.5 Å². The lowest BCUT2D eigenvalue weighted by Crippen LogP contribution is -2.19. The van der Waals surface area contributed by atoms with Crippen molar-refractivity contribution in [1.29, 1.82) is 0 Å². The number of hydrogen-bond acceptors (Lipinski definition) is 5. The quantitative estimate of drug-likeness (QED) is 0.505. The summed E-state index contributed by atoms with van der Waals surface area (Å²) in [5.41, 5.74) is 2.22. The zero-order chi connectivity index (χ0) is 20.7. The predicted octanol–water partition coefficient (Wildman–Crippen LogP) is 4.05. The third-order valence-corrected chi connectivity index (χ3v) is 5.52. The van der Waals surface area contributed by atoms with E-state index in [0.717, 1.165) is 12.0 Å². The lowest BCUT2D eigenvalue weighted by molar-refractivity contribution is 0.273. The van der Waals surface area contributed by atoms with Crippen molar-refractivity contribution in [2.24, 2.45) is 11.0 Å². The molecule has 0 unspecified atom stereocenters. The second-order valence-electron chi connectivity index (χ2n) is 7.06. The average Bonchev–Trinajstić information content (AvgIpc) is 2.64. The monoisotopic (exact) mass is 404 g/mol. The summed E-state index contributed by atoms with van der Waals surface area (Å²) in [5, 5.41) is 3.89. The smallest absolute Gasteiger partial charge is 0.276 e. The highest BCUT2D eigenvalue weighted by molar-refractivity contribution is 7.89. The molecule has 0 amide bonds. The van der Waals surface area contributed by atoms with Crippen LogP contribution in [0.15, 0.2) is 46.4 Å². The second kappa shape index (κ2) is 9.59. The molecule has 2 aromatic carbocycles. The van der Waals surface area contributed by atoms with E-state index in [1.165, 1.54) is 6.21 Å². The molecule has 0 aliphatic carbocycles. The minimum absolute atomic E-state index is 0.219. The van der Waals surface area contributed by atoms with Crippen LogP contribution in [0, 0.1) is 19.8 Å². The van der Waals surface area contributed by atoms with E-state index in [4.69, 9.17) is 9.47 Å². The number of nitrogens with zero attached hydrogens (tertiary/aromatic N) is 1. The van der Waals surface area contributed by atoms with Crippen molar-refractivity contribution in [3.05, 3.63) is 53.1 Å². The maximum atomic E-state index is 12.5. The third kappa shape index (κ3) is 5.99. The molecule has 1 N–H and O–H groups in total. The van der Waals surface area contributed by atoms with Crippen molar-refractivity contribution in [2.75, 3.05) is 13.7 Å². The molecule has 2 aromatic rings. The van der Waals surface area contributed by atoms with Crippen molar-refractivity contribution >= 4 is 16.2 Å². The largest absolute Gasteiger partial charge is 0.493 e. The lowest BCUT2D eigenvalue weighted by Gasteiger charge is -2.12. The first-order chi connectivity index (χ1) is 13.2. The minimum atomic E-state index is -3.73. The van der Waals surface area contributed by atoms with Gasteiger partial charge < -0.3 is 9.47 Å². The van der Waals surface area contributed by atoms with Crippen molar-refractivity contribution in [2.45, 2.75) is 39.0 Å². The molecule has 2 rings (SSSR count). The molecule has 0 heterocycles. The van der Waals surface area contributed by atoms with E-state index in [0.29, 0.717) is 35.2 Å². The fraction of sp³-hybridized carbons (Fsp3) is 0.381. The Hall–Kier alpha value is -2.54. The number of hydrogen-bond donors (Lipinski definition) is 1. The number of methoxy groups -OCH3 is 1. The van der Waals surface area contributed by atoms with Crippen LogP contribution in [0.1, 0.15) is 37.0 Å². The summed E-state index contributed by atoms with van der Waals surface area (Å²) in [6.07, 6.45) is 2.38. The Bertz CT molecular complexity index is 937. The number of benzene rings is 2. The standard InChI is InChI=1S/C21H28N2O4S/c1-15(2)10-11-27-19-9-8-18(13-20(19)26-5)14-22-23-28(24,25)21-12-16(3)6-7-17(21)4/h6-9,12-15,23H,10-11H2,1-5H3. The maximum absolute atomic E-state index is 12.5. The van der Waals surface area contributed by atoms with Gasteiger partial charge in [0.05, 0.1) is 24.8 Å². The van der Waals surface area contributed by atoms with Gasteiger partial charge in [0.15, 0.2) is 11.5 Å². The van der Waals surface area contributed by atoms with E-state index >= 15 is 0 Å². The van der Waals surface area contributed by atoms with Crippen LogP contribution in [0.2, 0.25) is 0 Å². The fourth-order valence-electron chi connectivity index (χ4n) is 2.50. The lowest BCUT2D eigenvalue weighted by atomic mass is 10.1. The first-order valence-electron chi connectivity index (χ1n) is 9.16. The molecule has 0 spiro atoms. The number of nitrogens with one attached hydrogen (secondary N) is 1. The number of rotatable bonds is 9. The first kappa shape index (κ1) is 21.8. The molecule has 0 aliphatic rings. The van der Waals surface area contributed by atoms with Gasteiger partial charge in [0.1, 0.15) is 0 Å². The van der Waals surface area contributed by atoms with Gasteiger partial charge in [-0.25, -0.2) is 4.83 Å². The van der Waals surface area contributed by atoms with Gasteiger partial charge in [-0.1, -0.05) is 26.0 Å². The van der Waals surface area contributed by atoms with Crippen molar-refractivity contribution < 1.29 is 17.9 Å². The summed E-state index contributed by atoms with van der Waals surface area (Å²) in [7, 11) is -2.17. The molecule has 0 aliphatic heterocycles. The molecule has 0 atom stereocenters. The SMILES string of the molecule is COc1cc(C=NNS(=O)(=O)c2cc(C)ccc2C)ccc1OCCC(C)C. The van der Waals surface area contributed by atoms with Crippen LogP contribution in [-0.4, -0.2) is 28.3 Å². The summed E-state index contributed by atoms with van der Waals surface area (Å²) < 4.78 is 36.1. The predicted molar refractivity (Wildman–Crippen MR) is 112 cm³/mol. The molecule has 0 radical (unpaired) electrons. The molecule has 0 saturated heterocycles. The molecule has 152 valence electrons.